The van der Waals surface area contributed by atoms with Gasteiger partial charge in [0, 0.05) is 23.5 Å². The molecule has 142 valence electrons. The maximum absolute atomic E-state index is 5.73. The first kappa shape index (κ1) is 19.2. The second-order valence-electron chi connectivity index (χ2n) is 5.97. The molecule has 0 unspecified atom stereocenters. The molecular weight excluding hydrogens is 350 g/mol. The van der Waals surface area contributed by atoms with E-state index >= 15 is 0 Å². The van der Waals surface area contributed by atoms with Crippen LogP contribution in [-0.4, -0.2) is 23.2 Å². The molecule has 5 heteroatoms. The zero-order valence-electron chi connectivity index (χ0n) is 15.7. The van der Waals surface area contributed by atoms with Crippen molar-refractivity contribution >= 4 is 11.6 Å². The largest absolute Gasteiger partial charge is 0.493 e. The molecule has 0 saturated carbocycles. The minimum atomic E-state index is 0.459. The number of hydrogen-bond donors (Lipinski definition) is 1. The van der Waals surface area contributed by atoms with Gasteiger partial charge in [0.25, 0.3) is 0 Å². The monoisotopic (exact) mass is 373 g/mol. The molecule has 3 aromatic rings. The summed E-state index contributed by atoms with van der Waals surface area (Å²) in [6.07, 6.45) is 6.08. The van der Waals surface area contributed by atoms with Crippen LogP contribution < -0.4 is 14.8 Å². The molecule has 1 aromatic heterocycles. The Morgan fingerprint density at radius 2 is 1.75 bits per heavy atom. The van der Waals surface area contributed by atoms with Gasteiger partial charge >= 0.3 is 0 Å². The normalized spacial score (nSPS) is 10.1. The fourth-order valence-electron chi connectivity index (χ4n) is 2.53. The van der Waals surface area contributed by atoms with Crippen LogP contribution in [0.5, 0.6) is 11.5 Å². The van der Waals surface area contributed by atoms with Gasteiger partial charge in [0.05, 0.1) is 12.3 Å². The standard InChI is InChI=1S/C23H23N3O2/c1-3-5-15-28-20-10-6-8-18(16-20)22-12-13-24-23(26-22)25-19-9-7-11-21(17-19)27-14-4-2/h3-4,6-13,16-17H,1-2,5,14-15H2,(H,24,25,26). The Hall–Kier alpha value is -3.60. The molecule has 0 fully saturated rings. The SMILES string of the molecule is C=CCCOc1cccc(-c2ccnc(Nc3cccc(OCC=C)c3)n2)c1. The summed E-state index contributed by atoms with van der Waals surface area (Å²) in [4.78, 5) is 8.93. The van der Waals surface area contributed by atoms with E-state index in [4.69, 9.17) is 9.47 Å². The van der Waals surface area contributed by atoms with Crippen LogP contribution in [-0.2, 0) is 0 Å². The smallest absolute Gasteiger partial charge is 0.227 e. The van der Waals surface area contributed by atoms with Crippen molar-refractivity contribution in [2.24, 2.45) is 0 Å². The van der Waals surface area contributed by atoms with Gasteiger partial charge in [-0.1, -0.05) is 36.9 Å². The van der Waals surface area contributed by atoms with E-state index in [1.54, 1.807) is 12.3 Å². The van der Waals surface area contributed by atoms with E-state index in [0.717, 1.165) is 34.9 Å². The molecule has 0 saturated heterocycles. The molecule has 0 bridgehead atoms. The predicted molar refractivity (Wildman–Crippen MR) is 113 cm³/mol. The molecule has 0 radical (unpaired) electrons. The highest BCUT2D eigenvalue weighted by Gasteiger charge is 2.05. The first-order chi connectivity index (χ1) is 13.8. The van der Waals surface area contributed by atoms with Crippen molar-refractivity contribution in [2.45, 2.75) is 6.42 Å². The molecule has 3 rings (SSSR count). The van der Waals surface area contributed by atoms with Crippen molar-refractivity contribution in [3.8, 4) is 22.8 Å². The minimum absolute atomic E-state index is 0.459. The number of ether oxygens (including phenoxy) is 2. The number of benzene rings is 2. The lowest BCUT2D eigenvalue weighted by Crippen LogP contribution is -1.99. The molecule has 2 aromatic carbocycles. The van der Waals surface area contributed by atoms with Gasteiger partial charge in [-0.2, -0.15) is 0 Å². The van der Waals surface area contributed by atoms with Crippen LogP contribution in [0.1, 0.15) is 6.42 Å². The fourth-order valence-corrected chi connectivity index (χ4v) is 2.53. The average Bonchev–Trinajstić information content (AvgIpc) is 2.73. The molecule has 28 heavy (non-hydrogen) atoms. The number of rotatable bonds is 10. The average molecular weight is 373 g/mol. The lowest BCUT2D eigenvalue weighted by molar-refractivity contribution is 0.325. The topological polar surface area (TPSA) is 56.3 Å². The van der Waals surface area contributed by atoms with Crippen molar-refractivity contribution < 1.29 is 9.47 Å². The third-order valence-electron chi connectivity index (χ3n) is 3.83. The van der Waals surface area contributed by atoms with Crippen LogP contribution in [0.25, 0.3) is 11.3 Å². The molecule has 1 N–H and O–H groups in total. The molecule has 0 amide bonds. The Morgan fingerprint density at radius 1 is 0.929 bits per heavy atom. The van der Waals surface area contributed by atoms with Gasteiger partial charge in [0.15, 0.2) is 0 Å². The first-order valence-corrected chi connectivity index (χ1v) is 9.06. The van der Waals surface area contributed by atoms with Crippen molar-refractivity contribution in [3.63, 3.8) is 0 Å². The number of nitrogens with one attached hydrogen (secondary N) is 1. The second kappa shape index (κ2) is 9.92. The van der Waals surface area contributed by atoms with E-state index in [1.807, 2.05) is 60.7 Å². The molecule has 5 nitrogen and oxygen atoms in total. The Morgan fingerprint density at radius 3 is 2.57 bits per heavy atom. The fraction of sp³-hybridized carbons (Fsp3) is 0.130. The summed E-state index contributed by atoms with van der Waals surface area (Å²) >= 11 is 0. The van der Waals surface area contributed by atoms with E-state index in [9.17, 15) is 0 Å². The van der Waals surface area contributed by atoms with Crippen LogP contribution in [0, 0.1) is 0 Å². The van der Waals surface area contributed by atoms with Crippen LogP contribution >= 0.6 is 0 Å². The number of aromatic nitrogens is 2. The zero-order chi connectivity index (χ0) is 19.6. The van der Waals surface area contributed by atoms with Gasteiger partial charge in [-0.3, -0.25) is 0 Å². The van der Waals surface area contributed by atoms with Crippen molar-refractivity contribution in [1.29, 1.82) is 0 Å². The van der Waals surface area contributed by atoms with Crippen molar-refractivity contribution in [1.82, 2.24) is 9.97 Å². The van der Waals surface area contributed by atoms with Crippen LogP contribution in [0.2, 0.25) is 0 Å². The highest BCUT2D eigenvalue weighted by molar-refractivity contribution is 5.63. The van der Waals surface area contributed by atoms with Crippen molar-refractivity contribution in [2.75, 3.05) is 18.5 Å². The van der Waals surface area contributed by atoms with E-state index in [1.165, 1.54) is 0 Å². The summed E-state index contributed by atoms with van der Waals surface area (Å²) in [5.41, 5.74) is 2.62. The van der Waals surface area contributed by atoms with E-state index in [-0.39, 0.29) is 0 Å². The Labute approximate surface area is 165 Å². The Bertz CT molecular complexity index is 940. The maximum atomic E-state index is 5.73. The van der Waals surface area contributed by atoms with Gasteiger partial charge in [0.2, 0.25) is 5.95 Å². The predicted octanol–water partition coefficient (Wildman–Crippen LogP) is 5.41. The highest BCUT2D eigenvalue weighted by atomic mass is 16.5. The second-order valence-corrected chi connectivity index (χ2v) is 5.97. The third kappa shape index (κ3) is 5.45. The summed E-state index contributed by atoms with van der Waals surface area (Å²) in [5, 5.41) is 3.22. The zero-order valence-corrected chi connectivity index (χ0v) is 15.7. The number of hydrogen-bond acceptors (Lipinski definition) is 5. The molecule has 1 heterocycles. The van der Waals surface area contributed by atoms with Gasteiger partial charge in [-0.25, -0.2) is 9.97 Å². The van der Waals surface area contributed by atoms with Gasteiger partial charge in [-0.15, -0.1) is 6.58 Å². The molecule has 0 aliphatic rings. The van der Waals surface area contributed by atoms with Crippen LogP contribution in [0.3, 0.4) is 0 Å². The summed E-state index contributed by atoms with van der Waals surface area (Å²) < 4.78 is 11.3. The van der Waals surface area contributed by atoms with Gasteiger partial charge in [0.1, 0.15) is 18.1 Å². The molecule has 0 aliphatic carbocycles. The lowest BCUT2D eigenvalue weighted by Gasteiger charge is -2.10. The highest BCUT2D eigenvalue weighted by Crippen LogP contribution is 2.24. The lowest BCUT2D eigenvalue weighted by atomic mass is 10.1. The first-order valence-electron chi connectivity index (χ1n) is 9.06. The number of anilines is 2. The van der Waals surface area contributed by atoms with Crippen LogP contribution in [0.15, 0.2) is 86.1 Å². The summed E-state index contributed by atoms with van der Waals surface area (Å²) in [6, 6.07) is 17.4. The maximum Gasteiger partial charge on any atom is 0.227 e. The van der Waals surface area contributed by atoms with Crippen molar-refractivity contribution in [3.05, 3.63) is 86.1 Å². The number of nitrogens with zero attached hydrogens (tertiary/aromatic N) is 2. The summed E-state index contributed by atoms with van der Waals surface area (Å²) in [7, 11) is 0. The summed E-state index contributed by atoms with van der Waals surface area (Å²) in [6.45, 7) is 8.43. The van der Waals surface area contributed by atoms with Gasteiger partial charge < -0.3 is 14.8 Å². The summed E-state index contributed by atoms with van der Waals surface area (Å²) in [5.74, 6) is 2.07. The quantitative estimate of drug-likeness (QED) is 0.380. The Balaban J connectivity index is 1.75. The molecule has 0 atom stereocenters. The molecule has 0 aliphatic heterocycles. The molecule has 0 spiro atoms. The minimum Gasteiger partial charge on any atom is -0.493 e. The van der Waals surface area contributed by atoms with E-state index in [0.29, 0.717) is 19.2 Å². The third-order valence-corrected chi connectivity index (χ3v) is 3.83. The van der Waals surface area contributed by atoms with Gasteiger partial charge in [-0.05, 0) is 36.8 Å². The van der Waals surface area contributed by atoms with E-state index in [2.05, 4.69) is 28.4 Å². The molecular formula is C23H23N3O2. The van der Waals surface area contributed by atoms with E-state index < -0.39 is 0 Å². The Kier molecular flexibility index (Phi) is 6.79. The van der Waals surface area contributed by atoms with Crippen LogP contribution in [0.4, 0.5) is 11.6 Å².